The number of hydrogen-bond acceptors (Lipinski definition) is 4. The fourth-order valence-electron chi connectivity index (χ4n) is 5.82. The molecule has 2 fully saturated rings. The van der Waals surface area contributed by atoms with Gasteiger partial charge in [0, 0.05) is 33.4 Å². The van der Waals surface area contributed by atoms with Gasteiger partial charge in [0.25, 0.3) is 0 Å². The maximum absolute atomic E-state index is 15.8. The summed E-state index contributed by atoms with van der Waals surface area (Å²) < 4.78 is 15.8. The quantitative estimate of drug-likeness (QED) is 0.539. The van der Waals surface area contributed by atoms with E-state index in [1.807, 2.05) is 4.90 Å². The van der Waals surface area contributed by atoms with Gasteiger partial charge in [0.05, 0.1) is 18.6 Å². The molecule has 0 aromatic heterocycles. The number of hydrogen-bond donors (Lipinski definition) is 3. The number of nitrogens with two attached hydrogens (primary N) is 1. The van der Waals surface area contributed by atoms with Gasteiger partial charge < -0.3 is 16.2 Å². The van der Waals surface area contributed by atoms with Gasteiger partial charge in [-0.1, -0.05) is 61.2 Å². The molecule has 1 aromatic rings. The van der Waals surface area contributed by atoms with Crippen LogP contribution in [0.5, 0.6) is 0 Å². The average molecular weight is 480 g/mol. The van der Waals surface area contributed by atoms with Gasteiger partial charge in [0.1, 0.15) is 11.4 Å². The zero-order chi connectivity index (χ0) is 23.0. The summed E-state index contributed by atoms with van der Waals surface area (Å²) in [5.74, 6) is -1.87. The molecule has 4 N–H and O–H groups in total. The predicted molar refractivity (Wildman–Crippen MR) is 126 cm³/mol. The Kier molecular flexibility index (Phi) is 6.80. The Labute approximate surface area is 197 Å². The lowest BCUT2D eigenvalue weighted by Gasteiger charge is -2.45. The normalized spacial score (nSPS) is 31.5. The van der Waals surface area contributed by atoms with E-state index in [0.717, 1.165) is 32.1 Å². The van der Waals surface area contributed by atoms with Gasteiger partial charge in [0.2, 0.25) is 5.91 Å². The monoisotopic (exact) mass is 479 g/mol. The molecule has 2 heterocycles. The zero-order valence-corrected chi connectivity index (χ0v) is 19.2. The number of nitrogens with one attached hydrogen (secondary N) is 1. The number of carbonyl (C=O) groups is 1. The van der Waals surface area contributed by atoms with Crippen LogP contribution in [0.4, 0.5) is 10.1 Å². The summed E-state index contributed by atoms with van der Waals surface area (Å²) in [6, 6.07) is 3.80. The Balaban J connectivity index is 1.93. The van der Waals surface area contributed by atoms with E-state index in [4.69, 9.17) is 28.9 Å². The van der Waals surface area contributed by atoms with E-state index < -0.39 is 29.4 Å². The maximum Gasteiger partial charge on any atom is 0.250 e. The van der Waals surface area contributed by atoms with Crippen LogP contribution in [0.3, 0.4) is 0 Å². The number of rotatable bonds is 5. The zero-order valence-electron chi connectivity index (χ0n) is 17.7. The van der Waals surface area contributed by atoms with E-state index in [0.29, 0.717) is 16.3 Å². The van der Waals surface area contributed by atoms with Crippen molar-refractivity contribution in [1.82, 2.24) is 4.90 Å². The van der Waals surface area contributed by atoms with Crippen molar-refractivity contribution in [2.45, 2.75) is 55.8 Å². The first kappa shape index (κ1) is 23.5. The van der Waals surface area contributed by atoms with Crippen LogP contribution >= 0.6 is 23.2 Å². The van der Waals surface area contributed by atoms with E-state index in [-0.39, 0.29) is 23.6 Å². The van der Waals surface area contributed by atoms with Gasteiger partial charge in [0.15, 0.2) is 0 Å². The highest BCUT2D eigenvalue weighted by Gasteiger charge is 2.68. The van der Waals surface area contributed by atoms with Crippen LogP contribution in [0.15, 0.2) is 53.9 Å². The van der Waals surface area contributed by atoms with Crippen LogP contribution in [0.2, 0.25) is 5.02 Å². The molecule has 1 saturated carbocycles. The number of likely N-dealkylation sites (tertiary alicyclic amines) is 1. The highest BCUT2D eigenvalue weighted by Crippen LogP contribution is 2.57. The molecule has 8 heteroatoms. The molecule has 1 saturated heterocycles. The molecule has 0 bridgehead atoms. The van der Waals surface area contributed by atoms with Crippen LogP contribution in [0, 0.1) is 5.92 Å². The largest absolute Gasteiger partial charge is 0.395 e. The van der Waals surface area contributed by atoms with Crippen molar-refractivity contribution in [3.63, 3.8) is 0 Å². The van der Waals surface area contributed by atoms with Gasteiger partial charge in [-0.2, -0.15) is 0 Å². The minimum absolute atomic E-state index is 0.00953. The summed E-state index contributed by atoms with van der Waals surface area (Å²) in [6.07, 6.45) is 9.09. The second-order valence-corrected chi connectivity index (χ2v) is 9.69. The van der Waals surface area contributed by atoms with E-state index in [9.17, 15) is 9.90 Å². The summed E-state index contributed by atoms with van der Waals surface area (Å²) >= 11 is 12.0. The van der Waals surface area contributed by atoms with Gasteiger partial charge in [-0.3, -0.25) is 9.69 Å². The van der Waals surface area contributed by atoms with Gasteiger partial charge in [-0.05, 0) is 37.1 Å². The number of halogens is 3. The number of aliphatic hydroxyl groups is 1. The number of aliphatic hydroxyl groups excluding tert-OH is 1. The lowest BCUT2D eigenvalue weighted by Crippen LogP contribution is -2.57. The molecule has 2 aliphatic heterocycles. The highest BCUT2D eigenvalue weighted by atomic mass is 35.5. The lowest BCUT2D eigenvalue weighted by molar-refractivity contribution is -0.132. The SMILES string of the molecule is C=C(Cl)/C=C\C=C(/F)[C@H]1[C@H](N)[C@H](CO)N(C2CCCCC2)[C@@]12C(=O)Nc1cc(Cl)ccc12. The predicted octanol–water partition coefficient (Wildman–Crippen LogP) is 4.60. The minimum Gasteiger partial charge on any atom is -0.395 e. The molecule has 1 amide bonds. The number of allylic oxidation sites excluding steroid dienone is 4. The third-order valence-electron chi connectivity index (χ3n) is 7.02. The summed E-state index contributed by atoms with van der Waals surface area (Å²) in [4.78, 5) is 15.8. The number of anilines is 1. The molecule has 1 spiro atoms. The number of benzene rings is 1. The van der Waals surface area contributed by atoms with Crippen LogP contribution in [-0.4, -0.2) is 40.6 Å². The van der Waals surface area contributed by atoms with Gasteiger partial charge >= 0.3 is 0 Å². The van der Waals surface area contributed by atoms with Crippen molar-refractivity contribution in [1.29, 1.82) is 0 Å². The summed E-state index contributed by atoms with van der Waals surface area (Å²) in [7, 11) is 0. The lowest BCUT2D eigenvalue weighted by atomic mass is 9.75. The Morgan fingerprint density at radius 2 is 2.09 bits per heavy atom. The molecule has 5 nitrogen and oxygen atoms in total. The average Bonchev–Trinajstić information content (AvgIpc) is 3.18. The number of carbonyl (C=O) groups excluding carboxylic acids is 1. The van der Waals surface area contributed by atoms with E-state index >= 15 is 4.39 Å². The second kappa shape index (κ2) is 9.27. The van der Waals surface area contributed by atoms with Crippen LogP contribution < -0.4 is 11.1 Å². The number of nitrogens with zero attached hydrogens (tertiary/aromatic N) is 1. The molecule has 1 aromatic carbocycles. The molecule has 4 rings (SSSR count). The first-order chi connectivity index (χ1) is 15.3. The standard InChI is InChI=1S/C24H28Cl2FN3O2/c1-14(25)6-5-9-18(27)21-22(28)20(13-31)30(16-7-3-2-4-8-16)24(21)17-11-10-15(26)12-19(17)29-23(24)32/h5-6,9-12,16,20-22,31H,1-4,7-8,13,28H2,(H,29,32)/b6-5-,18-9-/t20-,21-,22+,24+/m0/s1. The first-order valence-electron chi connectivity index (χ1n) is 11.0. The number of fused-ring (bicyclic) bond motifs is 2. The fraction of sp³-hybridized carbons (Fsp3) is 0.458. The summed E-state index contributed by atoms with van der Waals surface area (Å²) in [6.45, 7) is 3.30. The van der Waals surface area contributed by atoms with Crippen molar-refractivity contribution in [2.24, 2.45) is 11.7 Å². The van der Waals surface area contributed by atoms with Crippen molar-refractivity contribution in [2.75, 3.05) is 11.9 Å². The maximum atomic E-state index is 15.8. The highest BCUT2D eigenvalue weighted by molar-refractivity contribution is 6.31. The Morgan fingerprint density at radius 1 is 1.38 bits per heavy atom. The van der Waals surface area contributed by atoms with Crippen LogP contribution in [0.1, 0.15) is 37.7 Å². The summed E-state index contributed by atoms with van der Waals surface area (Å²) in [5, 5.41) is 14.0. The smallest absolute Gasteiger partial charge is 0.250 e. The molecule has 172 valence electrons. The van der Waals surface area contributed by atoms with Crippen molar-refractivity contribution >= 4 is 34.8 Å². The molecular formula is C24H28Cl2FN3O2. The third-order valence-corrected chi connectivity index (χ3v) is 7.38. The van der Waals surface area contributed by atoms with E-state index in [1.54, 1.807) is 18.2 Å². The Hall–Kier alpha value is -1.70. The molecule has 32 heavy (non-hydrogen) atoms. The molecule has 0 radical (unpaired) electrons. The van der Waals surface area contributed by atoms with Crippen molar-refractivity contribution < 1.29 is 14.3 Å². The van der Waals surface area contributed by atoms with Crippen LogP contribution in [-0.2, 0) is 10.3 Å². The van der Waals surface area contributed by atoms with E-state index in [2.05, 4.69) is 11.9 Å². The number of amides is 1. The van der Waals surface area contributed by atoms with Crippen LogP contribution in [0.25, 0.3) is 0 Å². The molecule has 4 atom stereocenters. The van der Waals surface area contributed by atoms with E-state index in [1.165, 1.54) is 18.2 Å². The van der Waals surface area contributed by atoms with Gasteiger partial charge in [-0.15, -0.1) is 0 Å². The molecule has 3 aliphatic rings. The first-order valence-corrected chi connectivity index (χ1v) is 11.7. The van der Waals surface area contributed by atoms with Crippen molar-refractivity contribution in [3.8, 4) is 0 Å². The Morgan fingerprint density at radius 3 is 2.75 bits per heavy atom. The topological polar surface area (TPSA) is 78.6 Å². The molecule has 1 aliphatic carbocycles. The second-order valence-electron chi connectivity index (χ2n) is 8.77. The third kappa shape index (κ3) is 3.72. The van der Waals surface area contributed by atoms with Crippen molar-refractivity contribution in [3.05, 3.63) is 64.5 Å². The minimum atomic E-state index is -1.37. The summed E-state index contributed by atoms with van der Waals surface area (Å²) in [5.41, 5.74) is 6.43. The molecule has 0 unspecified atom stereocenters. The fourth-order valence-corrected chi connectivity index (χ4v) is 6.07. The van der Waals surface area contributed by atoms with Gasteiger partial charge in [-0.25, -0.2) is 4.39 Å². The molecular weight excluding hydrogens is 452 g/mol. The Bertz CT molecular complexity index is 976.